The van der Waals surface area contributed by atoms with Crippen molar-refractivity contribution in [1.82, 2.24) is 10.3 Å². The van der Waals surface area contributed by atoms with Crippen LogP contribution in [0.15, 0.2) is 33.3 Å². The van der Waals surface area contributed by atoms with Crippen molar-refractivity contribution in [3.05, 3.63) is 68.9 Å². The van der Waals surface area contributed by atoms with Gasteiger partial charge >= 0.3 is 5.92 Å². The van der Waals surface area contributed by atoms with Crippen LogP contribution in [-0.2, 0) is 29.0 Å². The molecular formula is C25H27ClF2N2O3. The Morgan fingerprint density at radius 2 is 1.88 bits per heavy atom. The lowest BCUT2D eigenvalue weighted by Gasteiger charge is -2.13. The summed E-state index contributed by atoms with van der Waals surface area (Å²) >= 11 is 6.23. The number of hydrogen-bond donors (Lipinski definition) is 0. The Hall–Kier alpha value is -2.54. The predicted molar refractivity (Wildman–Crippen MR) is 120 cm³/mol. The minimum atomic E-state index is -3.48. The van der Waals surface area contributed by atoms with E-state index < -0.39 is 22.8 Å². The lowest BCUT2D eigenvalue weighted by atomic mass is 9.92. The number of alkyl halides is 2. The molecule has 176 valence electrons. The van der Waals surface area contributed by atoms with E-state index in [4.69, 9.17) is 20.6 Å². The maximum atomic E-state index is 15.4. The van der Waals surface area contributed by atoms with E-state index >= 15 is 8.78 Å². The molecule has 2 aromatic heterocycles. The van der Waals surface area contributed by atoms with E-state index in [-0.39, 0.29) is 31.0 Å². The first-order chi connectivity index (χ1) is 15.5. The molecule has 4 rings (SSSR count). The van der Waals surface area contributed by atoms with E-state index in [9.17, 15) is 4.79 Å². The Bertz CT molecular complexity index is 1170. The van der Waals surface area contributed by atoms with E-state index in [0.717, 1.165) is 24.0 Å². The van der Waals surface area contributed by atoms with Gasteiger partial charge in [-0.2, -0.15) is 8.78 Å². The summed E-state index contributed by atoms with van der Waals surface area (Å²) in [4.78, 5) is 12.6. The van der Waals surface area contributed by atoms with E-state index in [1.54, 1.807) is 0 Å². The van der Waals surface area contributed by atoms with Crippen LogP contribution in [0.2, 0.25) is 5.02 Å². The van der Waals surface area contributed by atoms with Crippen molar-refractivity contribution in [2.75, 3.05) is 0 Å². The normalized spacial score (nSPS) is 14.6. The molecule has 2 heterocycles. The summed E-state index contributed by atoms with van der Waals surface area (Å²) < 4.78 is 41.1. The summed E-state index contributed by atoms with van der Waals surface area (Å²) in [6, 6.07) is 6.83. The zero-order valence-electron chi connectivity index (χ0n) is 19.2. The highest BCUT2D eigenvalue weighted by Crippen LogP contribution is 2.49. The molecule has 0 atom stereocenters. The lowest BCUT2D eigenvalue weighted by molar-refractivity contribution is -0.118. The summed E-state index contributed by atoms with van der Waals surface area (Å²) in [5.41, 5.74) is 1.64. The second kappa shape index (κ2) is 8.67. The maximum absolute atomic E-state index is 15.4. The molecule has 0 saturated heterocycles. The van der Waals surface area contributed by atoms with E-state index in [2.05, 4.69) is 10.3 Å². The van der Waals surface area contributed by atoms with Crippen LogP contribution in [0.3, 0.4) is 0 Å². The molecule has 3 aromatic rings. The second-order valence-corrected chi connectivity index (χ2v) is 10.3. The summed E-state index contributed by atoms with van der Waals surface area (Å²) in [5, 5.41) is 8.11. The van der Waals surface area contributed by atoms with Crippen LogP contribution in [0.1, 0.15) is 85.6 Å². The van der Waals surface area contributed by atoms with Crippen molar-refractivity contribution in [2.24, 2.45) is 0 Å². The van der Waals surface area contributed by atoms with Crippen LogP contribution < -0.4 is 0 Å². The van der Waals surface area contributed by atoms with Crippen LogP contribution in [0.4, 0.5) is 8.78 Å². The molecule has 1 aliphatic carbocycles. The smallest absolute Gasteiger partial charge is 0.352 e. The molecular weight excluding hydrogens is 450 g/mol. The topological polar surface area (TPSA) is 69.1 Å². The maximum Gasteiger partial charge on any atom is 0.352 e. The number of nitrogens with zero attached hydrogens (tertiary/aromatic N) is 2. The SMILES string of the molecule is Cc1ccc(CC(=O)CCc2noc(C(F)(F)c3cc(C(C)(C)C)on3)c2C2CC2)c(Cl)c1. The van der Waals surface area contributed by atoms with Gasteiger partial charge in [-0.15, -0.1) is 0 Å². The van der Waals surface area contributed by atoms with Crippen LogP contribution in [0.5, 0.6) is 0 Å². The van der Waals surface area contributed by atoms with Gasteiger partial charge in [-0.3, -0.25) is 4.79 Å². The average molecular weight is 477 g/mol. The van der Waals surface area contributed by atoms with E-state index in [0.29, 0.717) is 22.0 Å². The highest BCUT2D eigenvalue weighted by atomic mass is 35.5. The third-order valence-electron chi connectivity index (χ3n) is 5.88. The van der Waals surface area contributed by atoms with Gasteiger partial charge in [-0.05, 0) is 42.9 Å². The third-order valence-corrected chi connectivity index (χ3v) is 6.23. The van der Waals surface area contributed by atoms with Crippen molar-refractivity contribution < 1.29 is 22.6 Å². The molecule has 0 N–H and O–H groups in total. The number of carbonyl (C=O) groups is 1. The van der Waals surface area contributed by atoms with Crippen molar-refractivity contribution in [3.63, 3.8) is 0 Å². The Balaban J connectivity index is 1.52. The number of benzene rings is 1. The van der Waals surface area contributed by atoms with Crippen LogP contribution >= 0.6 is 11.6 Å². The molecule has 0 aliphatic heterocycles. The molecule has 1 saturated carbocycles. The molecule has 0 spiro atoms. The first-order valence-corrected chi connectivity index (χ1v) is 11.5. The van der Waals surface area contributed by atoms with E-state index in [1.807, 2.05) is 45.9 Å². The van der Waals surface area contributed by atoms with Gasteiger partial charge in [0.25, 0.3) is 0 Å². The minimum absolute atomic E-state index is 0.0369. The van der Waals surface area contributed by atoms with Gasteiger partial charge in [-0.1, -0.05) is 54.8 Å². The standard InChI is InChI=1S/C25H27ClF2N2O3/c1-14-5-6-16(18(26)11-14)12-17(31)9-10-19-22(15-7-8-15)23(33-29-19)25(27,28)20-13-21(32-30-20)24(2,3)4/h5-6,11,13,15H,7-10,12H2,1-4H3. The summed E-state index contributed by atoms with van der Waals surface area (Å²) in [6.07, 6.45) is 2.17. The fourth-order valence-electron chi connectivity index (χ4n) is 3.78. The number of rotatable bonds is 8. The van der Waals surface area contributed by atoms with E-state index in [1.165, 1.54) is 6.07 Å². The molecule has 8 heteroatoms. The number of carbonyl (C=O) groups excluding carboxylic acids is 1. The second-order valence-electron chi connectivity index (χ2n) is 9.86. The largest absolute Gasteiger partial charge is 0.360 e. The fraction of sp³-hybridized carbons (Fsp3) is 0.480. The van der Waals surface area contributed by atoms with Crippen molar-refractivity contribution in [1.29, 1.82) is 0 Å². The van der Waals surface area contributed by atoms with Gasteiger partial charge in [-0.25, -0.2) is 0 Å². The zero-order valence-corrected chi connectivity index (χ0v) is 19.9. The molecule has 1 fully saturated rings. The predicted octanol–water partition coefficient (Wildman–Crippen LogP) is 6.68. The van der Waals surface area contributed by atoms with Gasteiger partial charge < -0.3 is 9.05 Å². The van der Waals surface area contributed by atoms with Crippen LogP contribution in [-0.4, -0.2) is 16.1 Å². The molecule has 5 nitrogen and oxygen atoms in total. The first kappa shape index (κ1) is 23.6. The van der Waals surface area contributed by atoms with Gasteiger partial charge in [0.05, 0.1) is 5.69 Å². The van der Waals surface area contributed by atoms with Crippen molar-refractivity contribution in [3.8, 4) is 0 Å². The molecule has 1 aromatic carbocycles. The molecule has 33 heavy (non-hydrogen) atoms. The molecule has 0 radical (unpaired) electrons. The zero-order chi connectivity index (χ0) is 24.0. The number of aromatic nitrogens is 2. The highest BCUT2D eigenvalue weighted by molar-refractivity contribution is 6.31. The molecule has 1 aliphatic rings. The van der Waals surface area contributed by atoms with Crippen LogP contribution in [0.25, 0.3) is 0 Å². The Labute approximate surface area is 196 Å². The number of hydrogen-bond acceptors (Lipinski definition) is 5. The van der Waals surface area contributed by atoms with Gasteiger partial charge in [0.15, 0.2) is 5.69 Å². The summed E-state index contributed by atoms with van der Waals surface area (Å²) in [7, 11) is 0. The molecule has 0 amide bonds. The number of Topliss-reactive ketones (excluding diaryl/α,β-unsaturated/α-hetero) is 1. The van der Waals surface area contributed by atoms with Gasteiger partial charge in [0.2, 0.25) is 5.76 Å². The number of halogens is 3. The van der Waals surface area contributed by atoms with Gasteiger partial charge in [0.1, 0.15) is 11.5 Å². The third kappa shape index (κ3) is 5.03. The summed E-state index contributed by atoms with van der Waals surface area (Å²) in [5.74, 6) is -3.68. The number of ketones is 1. The molecule has 0 unspecified atom stereocenters. The lowest BCUT2D eigenvalue weighted by Crippen LogP contribution is -2.17. The Kier molecular flexibility index (Phi) is 6.20. The van der Waals surface area contributed by atoms with Crippen molar-refractivity contribution >= 4 is 17.4 Å². The fourth-order valence-corrected chi connectivity index (χ4v) is 4.08. The first-order valence-electron chi connectivity index (χ1n) is 11.1. The minimum Gasteiger partial charge on any atom is -0.360 e. The highest BCUT2D eigenvalue weighted by Gasteiger charge is 2.48. The van der Waals surface area contributed by atoms with Gasteiger partial charge in [0, 0.05) is 41.3 Å². The average Bonchev–Trinajstić information content (AvgIpc) is 3.25. The van der Waals surface area contributed by atoms with Crippen molar-refractivity contribution in [2.45, 2.75) is 77.1 Å². The number of aryl methyl sites for hydroxylation is 2. The Morgan fingerprint density at radius 3 is 2.48 bits per heavy atom. The quantitative estimate of drug-likeness (QED) is 0.362. The monoisotopic (exact) mass is 476 g/mol. The summed E-state index contributed by atoms with van der Waals surface area (Å²) in [6.45, 7) is 7.51. The van der Waals surface area contributed by atoms with Crippen LogP contribution in [0, 0.1) is 6.92 Å². The molecule has 0 bridgehead atoms. The Morgan fingerprint density at radius 1 is 1.15 bits per heavy atom.